The van der Waals surface area contributed by atoms with Gasteiger partial charge in [-0.25, -0.2) is 0 Å². The Bertz CT molecular complexity index is 3930. The molecule has 0 unspecified atom stereocenters. The summed E-state index contributed by atoms with van der Waals surface area (Å²) in [7, 11) is 0. The zero-order valence-electron chi connectivity index (χ0n) is 36.3. The molecule has 3 aliphatic carbocycles. The van der Waals surface area contributed by atoms with Gasteiger partial charge in [-0.3, -0.25) is 0 Å². The molecule has 312 valence electrons. The number of thiophene rings is 1. The van der Waals surface area contributed by atoms with Crippen molar-refractivity contribution in [3.05, 3.63) is 281 Å². The van der Waals surface area contributed by atoms with Crippen LogP contribution in [-0.2, 0) is 10.8 Å². The second-order valence-corrected chi connectivity index (χ2v) is 19.2. The van der Waals surface area contributed by atoms with Gasteiger partial charge in [-0.05, 0) is 103 Å². The average Bonchev–Trinajstić information content (AvgIpc) is 4.13. The number of furan rings is 1. The minimum absolute atomic E-state index is 0.503. The van der Waals surface area contributed by atoms with E-state index < -0.39 is 10.8 Å². The lowest BCUT2D eigenvalue weighted by molar-refractivity contribution is 0.633. The van der Waals surface area contributed by atoms with E-state index in [1.807, 2.05) is 11.3 Å². The van der Waals surface area contributed by atoms with Crippen molar-refractivity contribution in [2.45, 2.75) is 10.8 Å². The van der Waals surface area contributed by atoms with Gasteiger partial charge in [-0.2, -0.15) is 0 Å². The molecule has 0 radical (unpaired) electrons. The number of hydrogen-bond acceptors (Lipinski definition) is 3. The summed E-state index contributed by atoms with van der Waals surface area (Å²) in [5.74, 6) is 0. The molecule has 0 amide bonds. The van der Waals surface area contributed by atoms with Gasteiger partial charge < -0.3 is 9.32 Å². The third-order valence-electron chi connectivity index (χ3n) is 15.2. The van der Waals surface area contributed by atoms with E-state index in [0.29, 0.717) is 0 Å². The zero-order valence-corrected chi connectivity index (χ0v) is 37.1. The predicted octanol–water partition coefficient (Wildman–Crippen LogP) is 17.0. The maximum atomic E-state index is 6.47. The number of benzene rings is 10. The Kier molecular flexibility index (Phi) is 7.54. The van der Waals surface area contributed by atoms with Crippen LogP contribution in [-0.4, -0.2) is 0 Å². The summed E-state index contributed by atoms with van der Waals surface area (Å²) in [5, 5.41) is 4.63. The van der Waals surface area contributed by atoms with E-state index in [1.54, 1.807) is 0 Å². The summed E-state index contributed by atoms with van der Waals surface area (Å²) < 4.78 is 7.72. The largest absolute Gasteiger partial charge is 0.456 e. The van der Waals surface area contributed by atoms with Crippen LogP contribution in [0.3, 0.4) is 0 Å². The standard InChI is InChI=1S/C64H39NOS/c1-2-19-40(20-3-1)60-46-25-8-17-36-59(46)67-62(60)65(41-37-38-58-47(39-41)44-23-7-16-35-57(44)66-58)56-34-18-33-55-61(56)45-24-6-11-28-50(45)64(55)53-31-14-12-29-51(53)63(52-30-13-15-32-54(52)64)48-26-9-4-21-42(48)43-22-5-10-27-49(43)63/h1-39H. The summed E-state index contributed by atoms with van der Waals surface area (Å²) in [6, 6.07) is 88.4. The van der Waals surface area contributed by atoms with Crippen molar-refractivity contribution in [3.8, 4) is 33.4 Å². The molecule has 0 saturated heterocycles. The molecule has 67 heavy (non-hydrogen) atoms. The minimum Gasteiger partial charge on any atom is -0.456 e. The topological polar surface area (TPSA) is 16.4 Å². The first-order valence-electron chi connectivity index (χ1n) is 23.2. The zero-order chi connectivity index (χ0) is 43.8. The SMILES string of the molecule is c1ccc(-c2c(N(c3ccc4oc5ccccc5c4c3)c3cccc4c3-c3ccccc3C43c4ccccc4C4(c5ccccc5-c5ccccc54)c4ccccc43)sc3ccccc23)cc1. The lowest BCUT2D eigenvalue weighted by Gasteiger charge is -2.48. The summed E-state index contributed by atoms with van der Waals surface area (Å²) in [4.78, 5) is 2.56. The number of para-hydroxylation sites is 1. The van der Waals surface area contributed by atoms with E-state index in [0.717, 1.165) is 33.3 Å². The predicted molar refractivity (Wildman–Crippen MR) is 277 cm³/mol. The third kappa shape index (κ3) is 4.69. The van der Waals surface area contributed by atoms with Gasteiger partial charge in [0, 0.05) is 37.7 Å². The van der Waals surface area contributed by atoms with Gasteiger partial charge in [0.2, 0.25) is 0 Å². The van der Waals surface area contributed by atoms with Gasteiger partial charge in [0.25, 0.3) is 0 Å². The van der Waals surface area contributed by atoms with E-state index in [-0.39, 0.29) is 0 Å². The maximum Gasteiger partial charge on any atom is 0.135 e. The Hall–Kier alpha value is -8.24. The fourth-order valence-electron chi connectivity index (χ4n) is 12.7. The van der Waals surface area contributed by atoms with Crippen LogP contribution in [0.5, 0.6) is 0 Å². The normalized spacial score (nSPS) is 14.2. The molecule has 0 bridgehead atoms. The molecule has 10 aromatic carbocycles. The second kappa shape index (κ2) is 13.6. The van der Waals surface area contributed by atoms with Gasteiger partial charge in [-0.15, -0.1) is 11.3 Å². The van der Waals surface area contributed by atoms with E-state index in [2.05, 4.69) is 241 Å². The molecule has 2 spiro atoms. The van der Waals surface area contributed by atoms with Gasteiger partial charge in [0.05, 0.1) is 16.5 Å². The summed E-state index contributed by atoms with van der Waals surface area (Å²) in [6.07, 6.45) is 0. The first-order valence-corrected chi connectivity index (χ1v) is 24.0. The summed E-state index contributed by atoms with van der Waals surface area (Å²) in [5.41, 5.74) is 21.0. The number of fused-ring (bicyclic) bond motifs is 20. The molecule has 12 aromatic rings. The highest BCUT2D eigenvalue weighted by atomic mass is 32.1. The molecule has 0 fully saturated rings. The molecule has 0 N–H and O–H groups in total. The van der Waals surface area contributed by atoms with Crippen molar-refractivity contribution in [3.63, 3.8) is 0 Å². The van der Waals surface area contributed by atoms with E-state index in [1.165, 1.54) is 93.0 Å². The molecule has 0 aliphatic heterocycles. The highest BCUT2D eigenvalue weighted by molar-refractivity contribution is 7.23. The molecule has 15 rings (SSSR count). The van der Waals surface area contributed by atoms with Crippen molar-refractivity contribution in [2.24, 2.45) is 0 Å². The quantitative estimate of drug-likeness (QED) is 0.175. The first-order chi connectivity index (χ1) is 33.3. The molecular weight excluding hydrogens is 831 g/mol. The third-order valence-corrected chi connectivity index (χ3v) is 16.3. The van der Waals surface area contributed by atoms with Crippen LogP contribution in [0.25, 0.3) is 65.4 Å². The molecule has 2 aromatic heterocycles. The Morgan fingerprint density at radius 1 is 0.343 bits per heavy atom. The van der Waals surface area contributed by atoms with Crippen LogP contribution in [0.1, 0.15) is 44.5 Å². The molecule has 2 heterocycles. The smallest absolute Gasteiger partial charge is 0.135 e. The monoisotopic (exact) mass is 869 g/mol. The van der Waals surface area contributed by atoms with Crippen LogP contribution in [0, 0.1) is 0 Å². The molecule has 0 saturated carbocycles. The van der Waals surface area contributed by atoms with Crippen LogP contribution in [0.4, 0.5) is 16.4 Å². The van der Waals surface area contributed by atoms with Gasteiger partial charge >= 0.3 is 0 Å². The van der Waals surface area contributed by atoms with Crippen molar-refractivity contribution in [1.29, 1.82) is 0 Å². The molecular formula is C64H39NOS. The number of rotatable bonds is 4. The van der Waals surface area contributed by atoms with Crippen LogP contribution in [0.2, 0.25) is 0 Å². The molecule has 0 atom stereocenters. The number of anilines is 3. The fraction of sp³-hybridized carbons (Fsp3) is 0.0312. The van der Waals surface area contributed by atoms with E-state index in [9.17, 15) is 0 Å². The Morgan fingerprint density at radius 2 is 0.836 bits per heavy atom. The van der Waals surface area contributed by atoms with E-state index in [4.69, 9.17) is 4.42 Å². The number of hydrogen-bond donors (Lipinski definition) is 0. The molecule has 2 nitrogen and oxygen atoms in total. The van der Waals surface area contributed by atoms with Gasteiger partial charge in [-0.1, -0.05) is 200 Å². The van der Waals surface area contributed by atoms with Gasteiger partial charge in [0.1, 0.15) is 16.2 Å². The highest BCUT2D eigenvalue weighted by Gasteiger charge is 2.59. The van der Waals surface area contributed by atoms with Gasteiger partial charge in [0.15, 0.2) is 0 Å². The van der Waals surface area contributed by atoms with Crippen LogP contribution < -0.4 is 4.90 Å². The van der Waals surface area contributed by atoms with Crippen molar-refractivity contribution < 1.29 is 4.42 Å². The van der Waals surface area contributed by atoms with Crippen LogP contribution >= 0.6 is 11.3 Å². The van der Waals surface area contributed by atoms with Crippen molar-refractivity contribution in [2.75, 3.05) is 4.90 Å². The lowest BCUT2D eigenvalue weighted by atomic mass is 9.52. The minimum atomic E-state index is -0.619. The molecule has 3 heteroatoms. The Morgan fingerprint density at radius 3 is 1.51 bits per heavy atom. The summed E-state index contributed by atoms with van der Waals surface area (Å²) >= 11 is 1.86. The average molecular weight is 870 g/mol. The molecule has 3 aliphatic rings. The van der Waals surface area contributed by atoms with E-state index >= 15 is 0 Å². The van der Waals surface area contributed by atoms with Crippen molar-refractivity contribution >= 4 is 59.7 Å². The maximum absolute atomic E-state index is 6.47. The fourth-order valence-corrected chi connectivity index (χ4v) is 14.0. The Balaban J connectivity index is 1.07. The lowest BCUT2D eigenvalue weighted by Crippen LogP contribution is -2.43. The first kappa shape index (κ1) is 37.0. The summed E-state index contributed by atoms with van der Waals surface area (Å²) in [6.45, 7) is 0. The second-order valence-electron chi connectivity index (χ2n) is 18.2. The highest BCUT2D eigenvalue weighted by Crippen LogP contribution is 2.68. The van der Waals surface area contributed by atoms with Crippen LogP contribution in [0.15, 0.2) is 241 Å². The Labute approximate surface area is 392 Å². The van der Waals surface area contributed by atoms with Crippen molar-refractivity contribution in [1.82, 2.24) is 0 Å². The number of nitrogens with zero attached hydrogens (tertiary/aromatic N) is 1.